The molecule has 0 bridgehead atoms. The van der Waals surface area contributed by atoms with Crippen LogP contribution in [0.25, 0.3) is 0 Å². The molecule has 0 aliphatic carbocycles. The number of rotatable bonds is 5. The van der Waals surface area contributed by atoms with Crippen molar-refractivity contribution in [3.05, 3.63) is 16.1 Å². The molecule has 1 aromatic heterocycles. The second-order valence-electron chi connectivity index (χ2n) is 5.20. The molecule has 1 heterocycles. The molecule has 1 rings (SSSR count). The Labute approximate surface area is 102 Å². The number of aryl methyl sites for hydroxylation is 1. The van der Waals surface area contributed by atoms with Crippen molar-refractivity contribution in [1.82, 2.24) is 9.88 Å². The van der Waals surface area contributed by atoms with Crippen LogP contribution >= 0.6 is 11.3 Å². The van der Waals surface area contributed by atoms with Gasteiger partial charge in [-0.05, 0) is 20.9 Å². The first-order chi connectivity index (χ1) is 7.33. The molecule has 0 aliphatic rings. The van der Waals surface area contributed by atoms with Gasteiger partial charge in [0.25, 0.3) is 0 Å². The summed E-state index contributed by atoms with van der Waals surface area (Å²) in [6.45, 7) is 9.86. The third kappa shape index (κ3) is 3.54. The maximum atomic E-state index is 9.67. The van der Waals surface area contributed by atoms with Crippen LogP contribution in [0.3, 0.4) is 0 Å². The van der Waals surface area contributed by atoms with E-state index in [9.17, 15) is 5.11 Å². The van der Waals surface area contributed by atoms with Gasteiger partial charge in [0.1, 0.15) is 0 Å². The monoisotopic (exact) mass is 242 g/mol. The van der Waals surface area contributed by atoms with Crippen molar-refractivity contribution in [1.29, 1.82) is 0 Å². The molecule has 0 saturated heterocycles. The van der Waals surface area contributed by atoms with Crippen molar-refractivity contribution < 1.29 is 5.11 Å². The molecular weight excluding hydrogens is 220 g/mol. The highest BCUT2D eigenvalue weighted by atomic mass is 32.1. The number of aliphatic hydroxyl groups excluding tert-OH is 1. The Morgan fingerprint density at radius 1 is 1.56 bits per heavy atom. The standard InChI is InChI=1S/C12H22N2OS/c1-9-11(16-8-13-9)6-14(5)7-12(3,4)10(2)15/h8,10,15H,6-7H2,1-5H3. The third-order valence-corrected chi connectivity index (χ3v) is 3.99. The lowest BCUT2D eigenvalue weighted by atomic mass is 9.87. The molecule has 0 radical (unpaired) electrons. The van der Waals surface area contributed by atoms with Gasteiger partial charge in [0.15, 0.2) is 0 Å². The topological polar surface area (TPSA) is 36.4 Å². The normalized spacial score (nSPS) is 14.4. The van der Waals surface area contributed by atoms with E-state index in [1.165, 1.54) is 4.88 Å². The zero-order valence-corrected chi connectivity index (χ0v) is 11.6. The summed E-state index contributed by atoms with van der Waals surface area (Å²) < 4.78 is 0. The summed E-state index contributed by atoms with van der Waals surface area (Å²) in [5.74, 6) is 0. The predicted octanol–water partition coefficient (Wildman–Crippen LogP) is 2.29. The lowest BCUT2D eigenvalue weighted by molar-refractivity contribution is 0.0393. The van der Waals surface area contributed by atoms with Gasteiger partial charge >= 0.3 is 0 Å². The molecule has 0 aliphatic heterocycles. The van der Waals surface area contributed by atoms with Gasteiger partial charge in [-0.2, -0.15) is 0 Å². The van der Waals surface area contributed by atoms with Crippen LogP contribution in [0, 0.1) is 12.3 Å². The SMILES string of the molecule is Cc1ncsc1CN(C)CC(C)(C)C(C)O. The first-order valence-electron chi connectivity index (χ1n) is 5.58. The van der Waals surface area contributed by atoms with Crippen LogP contribution in [0.1, 0.15) is 31.3 Å². The lowest BCUT2D eigenvalue weighted by Crippen LogP contribution is -2.38. The summed E-state index contributed by atoms with van der Waals surface area (Å²) in [5.41, 5.74) is 2.93. The molecule has 0 aromatic carbocycles. The van der Waals surface area contributed by atoms with E-state index in [2.05, 4.69) is 30.8 Å². The van der Waals surface area contributed by atoms with Gasteiger partial charge in [-0.1, -0.05) is 13.8 Å². The summed E-state index contributed by atoms with van der Waals surface area (Å²) in [4.78, 5) is 7.80. The Balaban J connectivity index is 2.54. The van der Waals surface area contributed by atoms with E-state index in [4.69, 9.17) is 0 Å². The lowest BCUT2D eigenvalue weighted by Gasteiger charge is -2.32. The summed E-state index contributed by atoms with van der Waals surface area (Å²) in [5, 5.41) is 9.67. The van der Waals surface area contributed by atoms with E-state index in [1.54, 1.807) is 11.3 Å². The number of aliphatic hydroxyl groups is 1. The molecule has 4 heteroatoms. The molecule has 0 saturated carbocycles. The maximum absolute atomic E-state index is 9.67. The van der Waals surface area contributed by atoms with Gasteiger partial charge < -0.3 is 10.0 Å². The first kappa shape index (κ1) is 13.6. The van der Waals surface area contributed by atoms with Crippen LogP contribution in [0.5, 0.6) is 0 Å². The van der Waals surface area contributed by atoms with Gasteiger partial charge in [0, 0.05) is 23.4 Å². The fraction of sp³-hybridized carbons (Fsp3) is 0.750. The van der Waals surface area contributed by atoms with Gasteiger partial charge in [-0.3, -0.25) is 0 Å². The average Bonchev–Trinajstić information content (AvgIpc) is 2.50. The first-order valence-corrected chi connectivity index (χ1v) is 6.46. The Kier molecular flexibility index (Phi) is 4.47. The number of nitrogens with zero attached hydrogens (tertiary/aromatic N) is 2. The molecular formula is C12H22N2OS. The van der Waals surface area contributed by atoms with Crippen molar-refractivity contribution in [2.75, 3.05) is 13.6 Å². The van der Waals surface area contributed by atoms with E-state index in [1.807, 2.05) is 19.4 Å². The van der Waals surface area contributed by atoms with E-state index >= 15 is 0 Å². The van der Waals surface area contributed by atoms with Crippen molar-refractivity contribution in [3.8, 4) is 0 Å². The van der Waals surface area contributed by atoms with Crippen LogP contribution in [-0.2, 0) is 6.54 Å². The zero-order valence-electron chi connectivity index (χ0n) is 10.8. The van der Waals surface area contributed by atoms with E-state index in [0.29, 0.717) is 0 Å². The molecule has 0 fully saturated rings. The van der Waals surface area contributed by atoms with Crippen molar-refractivity contribution in [2.24, 2.45) is 5.41 Å². The average molecular weight is 242 g/mol. The molecule has 0 amide bonds. The van der Waals surface area contributed by atoms with Gasteiger partial charge in [-0.15, -0.1) is 11.3 Å². The number of thiazole rings is 1. The van der Waals surface area contributed by atoms with Crippen LogP contribution in [0.15, 0.2) is 5.51 Å². The highest BCUT2D eigenvalue weighted by Gasteiger charge is 2.25. The van der Waals surface area contributed by atoms with Crippen molar-refractivity contribution >= 4 is 11.3 Å². The maximum Gasteiger partial charge on any atom is 0.0798 e. The molecule has 1 atom stereocenters. The van der Waals surface area contributed by atoms with Gasteiger partial charge in [0.05, 0.1) is 17.3 Å². The molecule has 92 valence electrons. The minimum atomic E-state index is -0.294. The molecule has 0 spiro atoms. The van der Waals surface area contributed by atoms with Crippen molar-refractivity contribution in [2.45, 2.75) is 40.3 Å². The van der Waals surface area contributed by atoms with Crippen LogP contribution < -0.4 is 0 Å². The number of hydrogen-bond donors (Lipinski definition) is 1. The quantitative estimate of drug-likeness (QED) is 0.860. The predicted molar refractivity (Wildman–Crippen MR) is 68.6 cm³/mol. The molecule has 3 nitrogen and oxygen atoms in total. The highest BCUT2D eigenvalue weighted by Crippen LogP contribution is 2.23. The van der Waals surface area contributed by atoms with Crippen LogP contribution in [0.2, 0.25) is 0 Å². The Morgan fingerprint density at radius 3 is 2.62 bits per heavy atom. The summed E-state index contributed by atoms with van der Waals surface area (Å²) in [7, 11) is 2.09. The Bertz CT molecular complexity index is 334. The van der Waals surface area contributed by atoms with E-state index in [0.717, 1.165) is 18.8 Å². The van der Waals surface area contributed by atoms with Gasteiger partial charge in [0.2, 0.25) is 0 Å². The summed E-state index contributed by atoms with van der Waals surface area (Å²) in [6.07, 6.45) is -0.294. The Hall–Kier alpha value is -0.450. The minimum absolute atomic E-state index is 0.0760. The summed E-state index contributed by atoms with van der Waals surface area (Å²) in [6, 6.07) is 0. The zero-order chi connectivity index (χ0) is 12.3. The highest BCUT2D eigenvalue weighted by molar-refractivity contribution is 7.09. The minimum Gasteiger partial charge on any atom is -0.393 e. The Morgan fingerprint density at radius 2 is 2.19 bits per heavy atom. The van der Waals surface area contributed by atoms with Crippen LogP contribution in [-0.4, -0.2) is 34.7 Å². The smallest absolute Gasteiger partial charge is 0.0798 e. The second-order valence-corrected chi connectivity index (χ2v) is 6.14. The molecule has 16 heavy (non-hydrogen) atoms. The number of hydrogen-bond acceptors (Lipinski definition) is 4. The van der Waals surface area contributed by atoms with Crippen LogP contribution in [0.4, 0.5) is 0 Å². The molecule has 1 aromatic rings. The van der Waals surface area contributed by atoms with Gasteiger partial charge in [-0.25, -0.2) is 4.98 Å². The fourth-order valence-corrected chi connectivity index (χ4v) is 2.46. The molecule has 1 unspecified atom stereocenters. The third-order valence-electron chi connectivity index (χ3n) is 3.07. The molecule has 1 N–H and O–H groups in total. The van der Waals surface area contributed by atoms with Crippen molar-refractivity contribution in [3.63, 3.8) is 0 Å². The van der Waals surface area contributed by atoms with E-state index in [-0.39, 0.29) is 11.5 Å². The number of aromatic nitrogens is 1. The largest absolute Gasteiger partial charge is 0.393 e. The summed E-state index contributed by atoms with van der Waals surface area (Å²) >= 11 is 1.70. The second kappa shape index (κ2) is 5.25. The fourth-order valence-electron chi connectivity index (χ4n) is 1.61. The van der Waals surface area contributed by atoms with E-state index < -0.39 is 0 Å².